The summed E-state index contributed by atoms with van der Waals surface area (Å²) in [5.74, 6) is -1.62. The lowest BCUT2D eigenvalue weighted by Gasteiger charge is -2.31. The van der Waals surface area contributed by atoms with Crippen LogP contribution in [0.1, 0.15) is 46.8 Å². The molecule has 208 valence electrons. The number of nitrogens with zero attached hydrogens (tertiary/aromatic N) is 3. The molecule has 0 fully saturated rings. The molecular weight excluding hydrogens is 672 g/mol. The number of fused-ring (bicyclic) bond motifs is 1. The zero-order valence-electron chi connectivity index (χ0n) is 21.1. The number of nitro groups is 1. The van der Waals surface area contributed by atoms with Gasteiger partial charge < -0.3 is 14.9 Å². The highest BCUT2D eigenvalue weighted by atomic mass is 127. The SMILES string of the molecule is O=C(O)CCCCN1C(=O)C(c2ccc(Cl)cc2)N(CCc2ccc(Cl)c([N+](=O)[O-])c2)C(=O)c2cc(I)ccc21. The number of halogens is 3. The van der Waals surface area contributed by atoms with Crippen molar-refractivity contribution in [3.05, 3.63) is 101 Å². The van der Waals surface area contributed by atoms with Gasteiger partial charge in [0.25, 0.3) is 17.5 Å². The van der Waals surface area contributed by atoms with Crippen molar-refractivity contribution in [1.82, 2.24) is 4.90 Å². The zero-order chi connectivity index (χ0) is 29.0. The molecule has 0 aliphatic carbocycles. The van der Waals surface area contributed by atoms with Crippen LogP contribution in [0.5, 0.6) is 0 Å². The summed E-state index contributed by atoms with van der Waals surface area (Å²) < 4.78 is 0.807. The number of nitro benzene ring substituents is 1. The van der Waals surface area contributed by atoms with E-state index in [0.29, 0.717) is 40.2 Å². The van der Waals surface area contributed by atoms with E-state index in [0.717, 1.165) is 3.57 Å². The van der Waals surface area contributed by atoms with Crippen LogP contribution in [0.15, 0.2) is 60.7 Å². The number of carboxylic acids is 1. The maximum atomic E-state index is 14.2. The van der Waals surface area contributed by atoms with Gasteiger partial charge in [-0.3, -0.25) is 24.5 Å². The molecule has 1 atom stereocenters. The summed E-state index contributed by atoms with van der Waals surface area (Å²) in [5, 5.41) is 20.9. The van der Waals surface area contributed by atoms with E-state index in [1.807, 2.05) is 6.07 Å². The van der Waals surface area contributed by atoms with E-state index in [9.17, 15) is 24.5 Å². The van der Waals surface area contributed by atoms with Crippen molar-refractivity contribution in [2.45, 2.75) is 31.7 Å². The predicted molar refractivity (Wildman–Crippen MR) is 160 cm³/mol. The fourth-order valence-electron chi connectivity index (χ4n) is 4.66. The van der Waals surface area contributed by atoms with Crippen molar-refractivity contribution in [3.63, 3.8) is 0 Å². The van der Waals surface area contributed by atoms with Gasteiger partial charge in [-0.05, 0) is 89.4 Å². The maximum absolute atomic E-state index is 14.2. The standard InChI is InChI=1S/C28H24Cl2IN3O6/c29-19-7-5-18(6-8-19)26-28(38)32(13-2-1-3-25(35)36)23-11-9-20(31)16-21(23)27(37)33(26)14-12-17-4-10-22(30)24(15-17)34(39)40/h4-11,15-16,26H,1-3,12-14H2,(H,35,36). The molecule has 1 aliphatic rings. The van der Waals surface area contributed by atoms with E-state index in [4.69, 9.17) is 28.3 Å². The first kappa shape index (κ1) is 29.8. The van der Waals surface area contributed by atoms with E-state index in [1.165, 1.54) is 17.0 Å². The molecule has 0 bridgehead atoms. The largest absolute Gasteiger partial charge is 0.481 e. The highest BCUT2D eigenvalue weighted by molar-refractivity contribution is 14.1. The summed E-state index contributed by atoms with van der Waals surface area (Å²) in [5.41, 5.74) is 1.71. The maximum Gasteiger partial charge on any atom is 0.303 e. The monoisotopic (exact) mass is 695 g/mol. The second kappa shape index (κ2) is 13.0. The first-order valence-electron chi connectivity index (χ1n) is 12.4. The van der Waals surface area contributed by atoms with Gasteiger partial charge in [-0.2, -0.15) is 0 Å². The summed E-state index contributed by atoms with van der Waals surface area (Å²) in [6.07, 6.45) is 1.01. The van der Waals surface area contributed by atoms with Gasteiger partial charge >= 0.3 is 5.97 Å². The third-order valence-electron chi connectivity index (χ3n) is 6.61. The molecule has 12 heteroatoms. The Kier molecular flexibility index (Phi) is 9.64. The molecule has 1 unspecified atom stereocenters. The number of hydrogen-bond acceptors (Lipinski definition) is 5. The van der Waals surface area contributed by atoms with Crippen LogP contribution < -0.4 is 4.90 Å². The fourth-order valence-corrected chi connectivity index (χ4v) is 5.47. The smallest absolute Gasteiger partial charge is 0.303 e. The molecule has 0 radical (unpaired) electrons. The molecule has 0 saturated carbocycles. The van der Waals surface area contributed by atoms with Crippen LogP contribution in [0.4, 0.5) is 11.4 Å². The Bertz CT molecular complexity index is 1470. The number of benzene rings is 3. The Morgan fingerprint density at radius 1 is 1.00 bits per heavy atom. The number of aliphatic carboxylic acids is 1. The Morgan fingerprint density at radius 3 is 2.40 bits per heavy atom. The third-order valence-corrected chi connectivity index (χ3v) is 7.85. The van der Waals surface area contributed by atoms with Crippen LogP contribution in [-0.4, -0.2) is 45.8 Å². The van der Waals surface area contributed by atoms with E-state index in [2.05, 4.69) is 22.6 Å². The molecule has 3 aromatic rings. The summed E-state index contributed by atoms with van der Waals surface area (Å²) in [6.45, 7) is 0.322. The quantitative estimate of drug-likeness (QED) is 0.111. The highest BCUT2D eigenvalue weighted by Gasteiger charge is 2.40. The number of rotatable bonds is 10. The molecule has 3 aromatic carbocycles. The number of anilines is 1. The molecular formula is C28H24Cl2IN3O6. The minimum atomic E-state index is -1.00. The topological polar surface area (TPSA) is 121 Å². The molecule has 0 saturated heterocycles. The molecule has 4 rings (SSSR count). The average Bonchev–Trinajstić information content (AvgIpc) is 2.99. The van der Waals surface area contributed by atoms with Crippen LogP contribution in [0.3, 0.4) is 0 Å². The molecule has 1 heterocycles. The van der Waals surface area contributed by atoms with Gasteiger partial charge in [-0.15, -0.1) is 0 Å². The second-order valence-corrected chi connectivity index (χ2v) is 11.3. The van der Waals surface area contributed by atoms with Crippen LogP contribution >= 0.6 is 45.8 Å². The number of amides is 2. The van der Waals surface area contributed by atoms with E-state index in [-0.39, 0.29) is 48.5 Å². The normalized spacial score (nSPS) is 15.1. The Hall–Kier alpha value is -3.22. The fraction of sp³-hybridized carbons (Fsp3) is 0.250. The van der Waals surface area contributed by atoms with Crippen LogP contribution in [0.25, 0.3) is 0 Å². The summed E-state index contributed by atoms with van der Waals surface area (Å²) in [7, 11) is 0. The van der Waals surface area contributed by atoms with E-state index in [1.54, 1.807) is 47.4 Å². The van der Waals surface area contributed by atoms with E-state index >= 15 is 0 Å². The number of unbranched alkanes of at least 4 members (excludes halogenated alkanes) is 1. The molecule has 1 aliphatic heterocycles. The lowest BCUT2D eigenvalue weighted by molar-refractivity contribution is -0.384. The van der Waals surface area contributed by atoms with Crippen LogP contribution in [0, 0.1) is 13.7 Å². The van der Waals surface area contributed by atoms with Crippen molar-refractivity contribution in [2.24, 2.45) is 0 Å². The average molecular weight is 696 g/mol. The first-order valence-corrected chi connectivity index (χ1v) is 14.2. The van der Waals surface area contributed by atoms with Gasteiger partial charge in [0.05, 0.1) is 16.2 Å². The second-order valence-electron chi connectivity index (χ2n) is 9.25. The molecule has 0 spiro atoms. The zero-order valence-corrected chi connectivity index (χ0v) is 24.7. The van der Waals surface area contributed by atoms with Gasteiger partial charge in [-0.1, -0.05) is 41.4 Å². The first-order chi connectivity index (χ1) is 19.1. The van der Waals surface area contributed by atoms with Crippen molar-refractivity contribution >= 4 is 75.0 Å². The van der Waals surface area contributed by atoms with Gasteiger partial charge in [0.1, 0.15) is 11.1 Å². The Labute approximate surface area is 254 Å². The van der Waals surface area contributed by atoms with Crippen molar-refractivity contribution in [2.75, 3.05) is 18.0 Å². The lowest BCUT2D eigenvalue weighted by Crippen LogP contribution is -2.43. The summed E-state index contributed by atoms with van der Waals surface area (Å²) in [6, 6.07) is 15.4. The number of hydrogen-bond donors (Lipinski definition) is 1. The van der Waals surface area contributed by atoms with Crippen molar-refractivity contribution < 1.29 is 24.4 Å². The predicted octanol–water partition coefficient (Wildman–Crippen LogP) is 6.53. The Morgan fingerprint density at radius 2 is 1.73 bits per heavy atom. The van der Waals surface area contributed by atoms with Gasteiger partial charge in [0, 0.05) is 34.2 Å². The van der Waals surface area contributed by atoms with Gasteiger partial charge in [-0.25, -0.2) is 0 Å². The molecule has 1 N–H and O–H groups in total. The lowest BCUT2D eigenvalue weighted by atomic mass is 10.0. The van der Waals surface area contributed by atoms with Crippen molar-refractivity contribution in [1.29, 1.82) is 0 Å². The highest BCUT2D eigenvalue weighted by Crippen LogP contribution is 2.36. The van der Waals surface area contributed by atoms with Gasteiger partial charge in [0.2, 0.25) is 0 Å². The Balaban J connectivity index is 1.76. The molecule has 40 heavy (non-hydrogen) atoms. The number of carbonyl (C=O) groups excluding carboxylic acids is 2. The van der Waals surface area contributed by atoms with Crippen molar-refractivity contribution in [3.8, 4) is 0 Å². The molecule has 0 aromatic heterocycles. The third kappa shape index (κ3) is 6.73. The summed E-state index contributed by atoms with van der Waals surface area (Å²) in [4.78, 5) is 53.3. The molecule has 9 nitrogen and oxygen atoms in total. The van der Waals surface area contributed by atoms with Crippen LogP contribution in [-0.2, 0) is 16.0 Å². The summed E-state index contributed by atoms with van der Waals surface area (Å²) >= 11 is 14.2. The van der Waals surface area contributed by atoms with Gasteiger partial charge in [0.15, 0.2) is 0 Å². The number of carbonyl (C=O) groups is 3. The van der Waals surface area contributed by atoms with Crippen LogP contribution in [0.2, 0.25) is 10.0 Å². The minimum Gasteiger partial charge on any atom is -0.481 e. The van der Waals surface area contributed by atoms with E-state index < -0.39 is 16.9 Å². The minimum absolute atomic E-state index is 0.0101. The number of carboxylic acid groups (broad SMARTS) is 1. The molecule has 2 amide bonds.